The summed E-state index contributed by atoms with van der Waals surface area (Å²) in [5.41, 5.74) is 0. The summed E-state index contributed by atoms with van der Waals surface area (Å²) >= 11 is 0. The van der Waals surface area contributed by atoms with Gasteiger partial charge in [-0.05, 0) is 39.2 Å². The number of hydrogen-bond acceptors (Lipinski definition) is 3. The minimum Gasteiger partial charge on any atom is -0.393 e. The predicted octanol–water partition coefficient (Wildman–Crippen LogP) is 1.79. The normalized spacial score (nSPS) is 34.9. The molecule has 0 bridgehead atoms. The lowest BCUT2D eigenvalue weighted by Crippen LogP contribution is -2.44. The fourth-order valence-electron chi connectivity index (χ4n) is 3.11. The second kappa shape index (κ2) is 5.99. The van der Waals surface area contributed by atoms with Gasteiger partial charge in [0.15, 0.2) is 0 Å². The van der Waals surface area contributed by atoms with Crippen LogP contribution < -0.4 is 0 Å². The van der Waals surface area contributed by atoms with Crippen LogP contribution in [0.2, 0.25) is 0 Å². The Bertz CT molecular complexity index is 202. The molecule has 16 heavy (non-hydrogen) atoms. The van der Waals surface area contributed by atoms with Gasteiger partial charge >= 0.3 is 0 Å². The second-order valence-corrected chi connectivity index (χ2v) is 5.34. The maximum absolute atomic E-state index is 9.60. The molecule has 2 rings (SSSR count). The van der Waals surface area contributed by atoms with Crippen molar-refractivity contribution in [2.24, 2.45) is 0 Å². The van der Waals surface area contributed by atoms with Gasteiger partial charge in [-0.2, -0.15) is 0 Å². The number of nitrogens with zero attached hydrogens (tertiary/aromatic N) is 1. The average molecular weight is 227 g/mol. The number of likely N-dealkylation sites (tertiary alicyclic amines) is 1. The van der Waals surface area contributed by atoms with Gasteiger partial charge in [-0.1, -0.05) is 12.8 Å². The van der Waals surface area contributed by atoms with Crippen LogP contribution in [-0.2, 0) is 4.74 Å². The van der Waals surface area contributed by atoms with Crippen molar-refractivity contribution >= 4 is 0 Å². The highest BCUT2D eigenvalue weighted by molar-refractivity contribution is 4.84. The molecule has 0 amide bonds. The number of aliphatic hydroxyl groups is 1. The summed E-state index contributed by atoms with van der Waals surface area (Å²) in [6.07, 6.45) is 7.16. The molecule has 3 atom stereocenters. The van der Waals surface area contributed by atoms with Crippen LogP contribution in [0.25, 0.3) is 0 Å². The fraction of sp³-hybridized carbons (Fsp3) is 1.00. The summed E-state index contributed by atoms with van der Waals surface area (Å²) in [6.45, 7) is 4.93. The third-order valence-electron chi connectivity index (χ3n) is 3.91. The molecule has 3 heteroatoms. The Morgan fingerprint density at radius 1 is 1.31 bits per heavy atom. The number of hydrogen-bond donors (Lipinski definition) is 1. The zero-order valence-corrected chi connectivity index (χ0v) is 10.4. The molecule has 1 N–H and O–H groups in total. The van der Waals surface area contributed by atoms with E-state index in [-0.39, 0.29) is 6.10 Å². The van der Waals surface area contributed by atoms with Gasteiger partial charge in [0.2, 0.25) is 0 Å². The molecule has 0 aliphatic carbocycles. The topological polar surface area (TPSA) is 32.7 Å². The zero-order valence-electron chi connectivity index (χ0n) is 10.4. The van der Waals surface area contributed by atoms with Crippen LogP contribution in [-0.4, -0.2) is 48.0 Å². The number of aliphatic hydroxyl groups excluding tert-OH is 1. The van der Waals surface area contributed by atoms with Gasteiger partial charge in [0.1, 0.15) is 0 Å². The summed E-state index contributed by atoms with van der Waals surface area (Å²) in [6, 6.07) is 1.19. The monoisotopic (exact) mass is 227 g/mol. The maximum atomic E-state index is 9.60. The van der Waals surface area contributed by atoms with E-state index in [9.17, 15) is 5.11 Å². The fourth-order valence-corrected chi connectivity index (χ4v) is 3.11. The lowest BCUT2D eigenvalue weighted by atomic mass is 10.0. The average Bonchev–Trinajstić information content (AvgIpc) is 2.66. The first-order valence-electron chi connectivity index (χ1n) is 6.79. The van der Waals surface area contributed by atoms with E-state index in [0.29, 0.717) is 12.1 Å². The Hall–Kier alpha value is -0.120. The Balaban J connectivity index is 1.97. The van der Waals surface area contributed by atoms with Gasteiger partial charge in [-0.25, -0.2) is 0 Å². The SMILES string of the molecule is CC(O)CC1CCCCCN1C1CCOC1. The number of rotatable bonds is 3. The molecule has 0 spiro atoms. The van der Waals surface area contributed by atoms with Crippen molar-refractivity contribution in [3.05, 3.63) is 0 Å². The first-order chi connectivity index (χ1) is 7.77. The Morgan fingerprint density at radius 3 is 2.88 bits per heavy atom. The summed E-state index contributed by atoms with van der Waals surface area (Å²) in [5, 5.41) is 9.60. The van der Waals surface area contributed by atoms with E-state index in [2.05, 4.69) is 4.90 Å². The minimum atomic E-state index is -0.173. The molecule has 0 aromatic heterocycles. The van der Waals surface area contributed by atoms with Crippen LogP contribution in [0.1, 0.15) is 45.4 Å². The van der Waals surface area contributed by atoms with Crippen molar-refractivity contribution in [2.45, 2.75) is 63.6 Å². The van der Waals surface area contributed by atoms with Crippen LogP contribution in [0.5, 0.6) is 0 Å². The quantitative estimate of drug-likeness (QED) is 0.798. The lowest BCUT2D eigenvalue weighted by Gasteiger charge is -2.35. The molecule has 2 aliphatic heterocycles. The molecule has 94 valence electrons. The highest BCUT2D eigenvalue weighted by Gasteiger charge is 2.30. The van der Waals surface area contributed by atoms with Crippen molar-refractivity contribution in [3.63, 3.8) is 0 Å². The molecule has 3 unspecified atom stereocenters. The highest BCUT2D eigenvalue weighted by atomic mass is 16.5. The Morgan fingerprint density at radius 2 is 2.19 bits per heavy atom. The van der Waals surface area contributed by atoms with E-state index in [1.54, 1.807) is 0 Å². The molecule has 3 nitrogen and oxygen atoms in total. The molecule has 2 heterocycles. The smallest absolute Gasteiger partial charge is 0.0622 e. The van der Waals surface area contributed by atoms with Crippen LogP contribution in [0.4, 0.5) is 0 Å². The zero-order chi connectivity index (χ0) is 11.4. The van der Waals surface area contributed by atoms with Crippen molar-refractivity contribution in [1.29, 1.82) is 0 Å². The van der Waals surface area contributed by atoms with Crippen molar-refractivity contribution in [1.82, 2.24) is 4.90 Å². The van der Waals surface area contributed by atoms with E-state index >= 15 is 0 Å². The summed E-state index contributed by atoms with van der Waals surface area (Å²) in [5.74, 6) is 0. The molecular weight excluding hydrogens is 202 g/mol. The first-order valence-corrected chi connectivity index (χ1v) is 6.79. The van der Waals surface area contributed by atoms with Crippen LogP contribution in [0, 0.1) is 0 Å². The van der Waals surface area contributed by atoms with E-state index < -0.39 is 0 Å². The van der Waals surface area contributed by atoms with Gasteiger partial charge < -0.3 is 9.84 Å². The molecular formula is C13H25NO2. The largest absolute Gasteiger partial charge is 0.393 e. The van der Waals surface area contributed by atoms with Gasteiger partial charge in [0, 0.05) is 18.7 Å². The van der Waals surface area contributed by atoms with E-state index in [0.717, 1.165) is 19.6 Å². The number of ether oxygens (including phenoxy) is 1. The van der Waals surface area contributed by atoms with E-state index in [1.807, 2.05) is 6.92 Å². The van der Waals surface area contributed by atoms with E-state index in [1.165, 1.54) is 38.6 Å². The lowest BCUT2D eigenvalue weighted by molar-refractivity contribution is 0.0735. The molecule has 0 aromatic carbocycles. The Labute approximate surface area is 98.8 Å². The van der Waals surface area contributed by atoms with Crippen LogP contribution in [0.3, 0.4) is 0 Å². The van der Waals surface area contributed by atoms with Crippen molar-refractivity contribution in [3.8, 4) is 0 Å². The van der Waals surface area contributed by atoms with Crippen molar-refractivity contribution < 1.29 is 9.84 Å². The van der Waals surface area contributed by atoms with Gasteiger partial charge in [0.05, 0.1) is 12.7 Å². The minimum absolute atomic E-state index is 0.173. The Kier molecular flexibility index (Phi) is 4.62. The molecule has 0 saturated carbocycles. The van der Waals surface area contributed by atoms with Crippen LogP contribution in [0.15, 0.2) is 0 Å². The van der Waals surface area contributed by atoms with Gasteiger partial charge in [-0.15, -0.1) is 0 Å². The third kappa shape index (κ3) is 3.19. The first kappa shape index (κ1) is 12.3. The van der Waals surface area contributed by atoms with Gasteiger partial charge in [-0.3, -0.25) is 4.90 Å². The summed E-state index contributed by atoms with van der Waals surface area (Å²) in [4.78, 5) is 2.62. The molecule has 2 fully saturated rings. The van der Waals surface area contributed by atoms with Gasteiger partial charge in [0.25, 0.3) is 0 Å². The molecule has 2 saturated heterocycles. The third-order valence-corrected chi connectivity index (χ3v) is 3.91. The van der Waals surface area contributed by atoms with E-state index in [4.69, 9.17) is 4.74 Å². The summed E-state index contributed by atoms with van der Waals surface area (Å²) < 4.78 is 5.50. The maximum Gasteiger partial charge on any atom is 0.0622 e. The summed E-state index contributed by atoms with van der Waals surface area (Å²) in [7, 11) is 0. The standard InChI is InChI=1S/C13H25NO2/c1-11(15)9-12-5-3-2-4-7-14(12)13-6-8-16-10-13/h11-13,15H,2-10H2,1H3. The molecule has 2 aliphatic rings. The second-order valence-electron chi connectivity index (χ2n) is 5.34. The molecule has 0 aromatic rings. The highest BCUT2D eigenvalue weighted by Crippen LogP contribution is 2.25. The van der Waals surface area contributed by atoms with Crippen LogP contribution >= 0.6 is 0 Å². The molecule has 0 radical (unpaired) electrons. The predicted molar refractivity (Wildman–Crippen MR) is 64.5 cm³/mol. The van der Waals surface area contributed by atoms with Crippen molar-refractivity contribution in [2.75, 3.05) is 19.8 Å².